The molecule has 0 unspecified atom stereocenters. The second kappa shape index (κ2) is 8.14. The predicted molar refractivity (Wildman–Crippen MR) is 96.5 cm³/mol. The number of halogens is 1. The third-order valence-corrected chi connectivity index (χ3v) is 5.70. The van der Waals surface area contributed by atoms with Crippen molar-refractivity contribution in [1.82, 2.24) is 9.80 Å². The Morgan fingerprint density at radius 3 is 2.16 bits per heavy atom. The van der Waals surface area contributed by atoms with Gasteiger partial charge in [0.1, 0.15) is 11.9 Å². The summed E-state index contributed by atoms with van der Waals surface area (Å²) in [5.41, 5.74) is 0.302. The highest BCUT2D eigenvalue weighted by molar-refractivity contribution is 7.92. The van der Waals surface area contributed by atoms with E-state index in [2.05, 4.69) is 11.8 Å². The molecule has 8 heteroatoms. The smallest absolute Gasteiger partial charge is 0.246 e. The molecule has 0 aliphatic carbocycles. The number of carbonyl (C=O) groups is 1. The molecule has 1 amide bonds. The average molecular weight is 371 g/mol. The molecular weight excluding hydrogens is 345 g/mol. The minimum Gasteiger partial charge on any atom is -0.338 e. The maximum absolute atomic E-state index is 13.2. The minimum atomic E-state index is -3.69. The van der Waals surface area contributed by atoms with Crippen LogP contribution in [-0.4, -0.2) is 69.1 Å². The molecule has 1 aliphatic heterocycles. The Hall–Kier alpha value is -1.67. The Balaban J connectivity index is 2.27. The second-order valence-corrected chi connectivity index (χ2v) is 8.08. The summed E-state index contributed by atoms with van der Waals surface area (Å²) < 4.78 is 39.0. The SMILES string of the molecule is CC[C@H](C(=O)N1CCN(CC)CC1)N(c1ccc(F)cc1)S(C)(=O)=O. The summed E-state index contributed by atoms with van der Waals surface area (Å²) >= 11 is 0. The van der Waals surface area contributed by atoms with Crippen LogP contribution in [0.4, 0.5) is 10.1 Å². The fourth-order valence-corrected chi connectivity index (χ4v) is 4.33. The lowest BCUT2D eigenvalue weighted by Gasteiger charge is -2.38. The standard InChI is InChI=1S/C17H26FN3O3S/c1-4-16(17(22)20-12-10-19(5-2)11-13-20)21(25(3,23)24)15-8-6-14(18)7-9-15/h6-9,16H,4-5,10-13H2,1-3H3/t16-/m1/s1. The van der Waals surface area contributed by atoms with Gasteiger partial charge in [-0.15, -0.1) is 0 Å². The molecule has 0 spiro atoms. The number of likely N-dealkylation sites (N-methyl/N-ethyl adjacent to an activating group) is 1. The van der Waals surface area contributed by atoms with Crippen molar-refractivity contribution in [2.75, 3.05) is 43.3 Å². The number of carbonyl (C=O) groups excluding carboxylic acids is 1. The molecule has 0 radical (unpaired) electrons. The molecule has 1 aliphatic rings. The van der Waals surface area contributed by atoms with Gasteiger partial charge in [-0.3, -0.25) is 9.10 Å². The zero-order chi connectivity index (χ0) is 18.6. The molecule has 6 nitrogen and oxygen atoms in total. The van der Waals surface area contributed by atoms with Crippen LogP contribution in [0, 0.1) is 5.82 Å². The zero-order valence-electron chi connectivity index (χ0n) is 15.0. The lowest BCUT2D eigenvalue weighted by Crippen LogP contribution is -2.55. The van der Waals surface area contributed by atoms with Crippen molar-refractivity contribution >= 4 is 21.6 Å². The second-order valence-electron chi connectivity index (χ2n) is 6.22. The summed E-state index contributed by atoms with van der Waals surface area (Å²) in [5.74, 6) is -0.653. The minimum absolute atomic E-state index is 0.201. The van der Waals surface area contributed by atoms with Gasteiger partial charge in [0, 0.05) is 26.2 Å². The van der Waals surface area contributed by atoms with Gasteiger partial charge in [-0.05, 0) is 37.2 Å². The van der Waals surface area contributed by atoms with Crippen molar-refractivity contribution in [2.45, 2.75) is 26.3 Å². The quantitative estimate of drug-likeness (QED) is 0.761. The molecule has 1 aromatic carbocycles. The van der Waals surface area contributed by atoms with Crippen LogP contribution in [0.2, 0.25) is 0 Å². The van der Waals surface area contributed by atoms with E-state index >= 15 is 0 Å². The number of hydrogen-bond acceptors (Lipinski definition) is 4. The highest BCUT2D eigenvalue weighted by Gasteiger charge is 2.35. The van der Waals surface area contributed by atoms with Crippen LogP contribution in [0.15, 0.2) is 24.3 Å². The monoisotopic (exact) mass is 371 g/mol. The third kappa shape index (κ3) is 4.70. The number of rotatable bonds is 6. The van der Waals surface area contributed by atoms with Gasteiger partial charge in [0.15, 0.2) is 0 Å². The molecule has 1 saturated heterocycles. The summed E-state index contributed by atoms with van der Waals surface area (Å²) in [6, 6.07) is 4.35. The number of sulfonamides is 1. The van der Waals surface area contributed by atoms with Crippen molar-refractivity contribution in [3.8, 4) is 0 Å². The molecule has 1 atom stereocenters. The average Bonchev–Trinajstić information content (AvgIpc) is 2.59. The van der Waals surface area contributed by atoms with E-state index in [1.165, 1.54) is 24.3 Å². The molecule has 1 fully saturated rings. The Morgan fingerprint density at radius 1 is 1.16 bits per heavy atom. The maximum atomic E-state index is 13.2. The van der Waals surface area contributed by atoms with Gasteiger partial charge < -0.3 is 9.80 Å². The zero-order valence-corrected chi connectivity index (χ0v) is 15.8. The van der Waals surface area contributed by atoms with Crippen molar-refractivity contribution in [3.05, 3.63) is 30.1 Å². The van der Waals surface area contributed by atoms with Crippen LogP contribution in [-0.2, 0) is 14.8 Å². The fourth-order valence-electron chi connectivity index (χ4n) is 3.13. The molecule has 0 bridgehead atoms. The molecule has 2 rings (SSSR count). The fraction of sp³-hybridized carbons (Fsp3) is 0.588. The van der Waals surface area contributed by atoms with E-state index in [9.17, 15) is 17.6 Å². The lowest BCUT2D eigenvalue weighted by atomic mass is 10.1. The highest BCUT2D eigenvalue weighted by atomic mass is 32.2. The van der Waals surface area contributed by atoms with Crippen molar-refractivity contribution in [3.63, 3.8) is 0 Å². The summed E-state index contributed by atoms with van der Waals surface area (Å²) in [6.45, 7) is 7.54. The molecule has 140 valence electrons. The third-order valence-electron chi connectivity index (χ3n) is 4.52. The van der Waals surface area contributed by atoms with Crippen molar-refractivity contribution in [1.29, 1.82) is 0 Å². The predicted octanol–water partition coefficient (Wildman–Crippen LogP) is 1.53. The van der Waals surface area contributed by atoms with Gasteiger partial charge in [-0.1, -0.05) is 13.8 Å². The van der Waals surface area contributed by atoms with Crippen LogP contribution in [0.25, 0.3) is 0 Å². The molecular formula is C17H26FN3O3S. The number of nitrogens with zero attached hydrogens (tertiary/aromatic N) is 3. The van der Waals surface area contributed by atoms with E-state index in [1.807, 2.05) is 0 Å². The van der Waals surface area contributed by atoms with E-state index in [-0.39, 0.29) is 5.91 Å². The van der Waals surface area contributed by atoms with Crippen LogP contribution in [0.3, 0.4) is 0 Å². The molecule has 1 aromatic rings. The highest BCUT2D eigenvalue weighted by Crippen LogP contribution is 2.24. The van der Waals surface area contributed by atoms with Gasteiger partial charge in [0.25, 0.3) is 0 Å². The maximum Gasteiger partial charge on any atom is 0.246 e. The van der Waals surface area contributed by atoms with Gasteiger partial charge in [-0.25, -0.2) is 12.8 Å². The van der Waals surface area contributed by atoms with E-state index in [1.54, 1.807) is 11.8 Å². The van der Waals surface area contributed by atoms with E-state index in [0.717, 1.165) is 30.2 Å². The number of amides is 1. The number of benzene rings is 1. The van der Waals surface area contributed by atoms with Gasteiger partial charge >= 0.3 is 0 Å². The van der Waals surface area contributed by atoms with Crippen LogP contribution in [0.5, 0.6) is 0 Å². The van der Waals surface area contributed by atoms with Gasteiger partial charge in [0.05, 0.1) is 11.9 Å². The first-order chi connectivity index (χ1) is 11.8. The first-order valence-corrected chi connectivity index (χ1v) is 10.4. The summed E-state index contributed by atoms with van der Waals surface area (Å²) in [4.78, 5) is 17.0. The molecule has 0 N–H and O–H groups in total. The lowest BCUT2D eigenvalue weighted by molar-refractivity contribution is -0.134. The summed E-state index contributed by atoms with van der Waals surface area (Å²) in [6.07, 6.45) is 1.42. The number of anilines is 1. The van der Waals surface area contributed by atoms with E-state index < -0.39 is 21.9 Å². The molecule has 0 saturated carbocycles. The Morgan fingerprint density at radius 2 is 1.72 bits per heavy atom. The number of hydrogen-bond donors (Lipinski definition) is 0. The normalized spacial score (nSPS) is 17.4. The number of piperazine rings is 1. The summed E-state index contributed by atoms with van der Waals surface area (Å²) in [5, 5.41) is 0. The van der Waals surface area contributed by atoms with Crippen LogP contribution < -0.4 is 4.31 Å². The Bertz CT molecular complexity index is 686. The summed E-state index contributed by atoms with van der Waals surface area (Å²) in [7, 11) is -3.69. The first-order valence-electron chi connectivity index (χ1n) is 8.54. The van der Waals surface area contributed by atoms with Crippen molar-refractivity contribution in [2.24, 2.45) is 0 Å². The van der Waals surface area contributed by atoms with Crippen LogP contribution in [0.1, 0.15) is 20.3 Å². The van der Waals surface area contributed by atoms with E-state index in [4.69, 9.17) is 0 Å². The molecule has 0 aromatic heterocycles. The largest absolute Gasteiger partial charge is 0.338 e. The molecule has 25 heavy (non-hydrogen) atoms. The van der Waals surface area contributed by atoms with Gasteiger partial charge in [-0.2, -0.15) is 0 Å². The Labute approximate surface area is 149 Å². The van der Waals surface area contributed by atoms with Crippen molar-refractivity contribution < 1.29 is 17.6 Å². The van der Waals surface area contributed by atoms with E-state index in [0.29, 0.717) is 25.2 Å². The molecule has 1 heterocycles. The Kier molecular flexibility index (Phi) is 6.40. The topological polar surface area (TPSA) is 60.9 Å². The first kappa shape index (κ1) is 19.7. The van der Waals surface area contributed by atoms with Crippen LogP contribution >= 0.6 is 0 Å². The van der Waals surface area contributed by atoms with Gasteiger partial charge in [0.2, 0.25) is 15.9 Å².